The SMILES string of the molecule is CNCCCC(C)C1=CC1C. The van der Waals surface area contributed by atoms with Crippen molar-refractivity contribution in [1.29, 1.82) is 0 Å². The maximum absolute atomic E-state index is 3.17. The lowest BCUT2D eigenvalue weighted by atomic mass is 10.0. The van der Waals surface area contributed by atoms with E-state index in [9.17, 15) is 0 Å². The molecule has 0 radical (unpaired) electrons. The van der Waals surface area contributed by atoms with Gasteiger partial charge in [0.25, 0.3) is 0 Å². The van der Waals surface area contributed by atoms with Gasteiger partial charge in [-0.2, -0.15) is 0 Å². The van der Waals surface area contributed by atoms with Gasteiger partial charge in [-0.25, -0.2) is 0 Å². The summed E-state index contributed by atoms with van der Waals surface area (Å²) in [6.07, 6.45) is 5.03. The van der Waals surface area contributed by atoms with Crippen LogP contribution >= 0.6 is 0 Å². The molecule has 0 saturated heterocycles. The Hall–Kier alpha value is -0.300. The highest BCUT2D eigenvalue weighted by Crippen LogP contribution is 2.36. The van der Waals surface area contributed by atoms with Crippen molar-refractivity contribution in [3.63, 3.8) is 0 Å². The number of allylic oxidation sites excluding steroid dienone is 2. The van der Waals surface area contributed by atoms with Crippen LogP contribution in [0.15, 0.2) is 11.6 Å². The summed E-state index contributed by atoms with van der Waals surface area (Å²) >= 11 is 0. The van der Waals surface area contributed by atoms with Crippen molar-refractivity contribution >= 4 is 0 Å². The first-order valence-corrected chi connectivity index (χ1v) is 4.62. The van der Waals surface area contributed by atoms with Gasteiger partial charge in [-0.15, -0.1) is 0 Å². The molecule has 1 heteroatoms. The molecule has 0 fully saturated rings. The van der Waals surface area contributed by atoms with Gasteiger partial charge < -0.3 is 5.32 Å². The van der Waals surface area contributed by atoms with Crippen molar-refractivity contribution in [2.45, 2.75) is 26.7 Å². The van der Waals surface area contributed by atoms with Crippen molar-refractivity contribution in [3.05, 3.63) is 11.6 Å². The number of nitrogens with one attached hydrogen (secondary N) is 1. The molecule has 0 spiro atoms. The van der Waals surface area contributed by atoms with Gasteiger partial charge in [0.2, 0.25) is 0 Å². The van der Waals surface area contributed by atoms with Crippen LogP contribution in [-0.4, -0.2) is 13.6 Å². The molecule has 1 N–H and O–H groups in total. The molecule has 0 aromatic rings. The average molecular weight is 153 g/mol. The fourth-order valence-corrected chi connectivity index (χ4v) is 1.61. The van der Waals surface area contributed by atoms with Crippen molar-refractivity contribution in [1.82, 2.24) is 5.32 Å². The summed E-state index contributed by atoms with van der Waals surface area (Å²) in [7, 11) is 2.02. The van der Waals surface area contributed by atoms with Gasteiger partial charge in [0.15, 0.2) is 0 Å². The van der Waals surface area contributed by atoms with Crippen LogP contribution in [0.3, 0.4) is 0 Å². The maximum atomic E-state index is 3.17. The molecule has 0 aromatic carbocycles. The number of rotatable bonds is 5. The largest absolute Gasteiger partial charge is 0.320 e. The minimum Gasteiger partial charge on any atom is -0.320 e. The second-order valence-electron chi connectivity index (χ2n) is 3.60. The van der Waals surface area contributed by atoms with Gasteiger partial charge in [0.05, 0.1) is 0 Å². The zero-order chi connectivity index (χ0) is 8.27. The molecule has 1 aliphatic rings. The summed E-state index contributed by atoms with van der Waals surface area (Å²) in [6.45, 7) is 5.78. The minimum absolute atomic E-state index is 0.819. The molecule has 11 heavy (non-hydrogen) atoms. The van der Waals surface area contributed by atoms with E-state index in [1.165, 1.54) is 12.8 Å². The first-order valence-electron chi connectivity index (χ1n) is 4.62. The first-order chi connectivity index (χ1) is 5.25. The van der Waals surface area contributed by atoms with Crippen molar-refractivity contribution in [2.75, 3.05) is 13.6 Å². The van der Waals surface area contributed by atoms with Crippen LogP contribution in [0.4, 0.5) is 0 Å². The third kappa shape index (κ3) is 2.66. The molecular formula is C10H19N. The molecule has 0 saturated carbocycles. The Labute approximate surface area is 69.9 Å². The van der Waals surface area contributed by atoms with E-state index in [-0.39, 0.29) is 0 Å². The zero-order valence-corrected chi connectivity index (χ0v) is 7.85. The molecule has 0 aromatic heterocycles. The predicted molar refractivity (Wildman–Crippen MR) is 49.6 cm³/mol. The molecule has 0 bridgehead atoms. The second kappa shape index (κ2) is 3.91. The van der Waals surface area contributed by atoms with E-state index in [0.29, 0.717) is 0 Å². The van der Waals surface area contributed by atoms with Crippen LogP contribution in [0.1, 0.15) is 26.7 Å². The Kier molecular flexibility index (Phi) is 3.13. The van der Waals surface area contributed by atoms with Crippen molar-refractivity contribution < 1.29 is 0 Å². The summed E-state index contributed by atoms with van der Waals surface area (Å²) in [5, 5.41) is 3.17. The van der Waals surface area contributed by atoms with Crippen molar-refractivity contribution in [2.24, 2.45) is 11.8 Å². The van der Waals surface area contributed by atoms with E-state index >= 15 is 0 Å². The lowest BCUT2D eigenvalue weighted by Gasteiger charge is -2.07. The summed E-state index contributed by atoms with van der Waals surface area (Å²) in [6, 6.07) is 0. The van der Waals surface area contributed by atoms with E-state index in [1.807, 2.05) is 7.05 Å². The van der Waals surface area contributed by atoms with Gasteiger partial charge >= 0.3 is 0 Å². The highest BCUT2D eigenvalue weighted by atomic mass is 14.8. The zero-order valence-electron chi connectivity index (χ0n) is 7.85. The van der Waals surface area contributed by atoms with E-state index in [1.54, 1.807) is 5.57 Å². The molecule has 1 aliphatic carbocycles. The fourth-order valence-electron chi connectivity index (χ4n) is 1.61. The molecule has 0 amide bonds. The Bertz CT molecular complexity index is 149. The van der Waals surface area contributed by atoms with Crippen LogP contribution in [0.25, 0.3) is 0 Å². The normalized spacial score (nSPS) is 24.6. The van der Waals surface area contributed by atoms with E-state index < -0.39 is 0 Å². The van der Waals surface area contributed by atoms with Crippen LogP contribution in [-0.2, 0) is 0 Å². The standard InChI is InChI=1S/C10H19N/c1-8(5-4-6-11-3)10-7-9(10)2/h7-9,11H,4-6H2,1-3H3. The molecule has 0 heterocycles. The van der Waals surface area contributed by atoms with E-state index in [2.05, 4.69) is 25.2 Å². The lowest BCUT2D eigenvalue weighted by Crippen LogP contribution is -2.09. The molecule has 0 aliphatic heterocycles. The summed E-state index contributed by atoms with van der Waals surface area (Å²) < 4.78 is 0. The third-order valence-electron chi connectivity index (χ3n) is 2.49. The summed E-state index contributed by atoms with van der Waals surface area (Å²) in [5.41, 5.74) is 1.68. The van der Waals surface area contributed by atoms with Crippen molar-refractivity contribution in [3.8, 4) is 0 Å². The molecule has 2 atom stereocenters. The summed E-state index contributed by atoms with van der Waals surface area (Å²) in [4.78, 5) is 0. The molecule has 1 rings (SSSR count). The van der Waals surface area contributed by atoms with Gasteiger partial charge in [-0.05, 0) is 38.3 Å². The third-order valence-corrected chi connectivity index (χ3v) is 2.49. The Balaban J connectivity index is 2.03. The topological polar surface area (TPSA) is 12.0 Å². The molecule has 1 nitrogen and oxygen atoms in total. The number of hydrogen-bond acceptors (Lipinski definition) is 1. The predicted octanol–water partition coefficient (Wildman–Crippen LogP) is 2.20. The van der Waals surface area contributed by atoms with Crippen LogP contribution < -0.4 is 5.32 Å². The van der Waals surface area contributed by atoms with Gasteiger partial charge in [0.1, 0.15) is 0 Å². The first kappa shape index (κ1) is 8.79. The molecule has 64 valence electrons. The average Bonchev–Trinajstić information content (AvgIpc) is 2.67. The van der Waals surface area contributed by atoms with Crippen LogP contribution in [0.2, 0.25) is 0 Å². The molecule has 2 unspecified atom stereocenters. The van der Waals surface area contributed by atoms with E-state index in [4.69, 9.17) is 0 Å². The monoisotopic (exact) mass is 153 g/mol. The maximum Gasteiger partial charge on any atom is -0.00458 e. The Morgan fingerprint density at radius 2 is 2.27 bits per heavy atom. The van der Waals surface area contributed by atoms with Crippen LogP contribution in [0, 0.1) is 11.8 Å². The fraction of sp³-hybridized carbons (Fsp3) is 0.800. The van der Waals surface area contributed by atoms with Gasteiger partial charge in [0, 0.05) is 0 Å². The molecular weight excluding hydrogens is 134 g/mol. The second-order valence-corrected chi connectivity index (χ2v) is 3.60. The minimum atomic E-state index is 0.819. The van der Waals surface area contributed by atoms with Crippen LogP contribution in [0.5, 0.6) is 0 Å². The summed E-state index contributed by atoms with van der Waals surface area (Å²) in [5.74, 6) is 1.65. The van der Waals surface area contributed by atoms with Gasteiger partial charge in [-0.1, -0.05) is 25.5 Å². The Morgan fingerprint density at radius 3 is 2.73 bits per heavy atom. The Morgan fingerprint density at radius 1 is 1.64 bits per heavy atom. The highest BCUT2D eigenvalue weighted by molar-refractivity contribution is 5.29. The van der Waals surface area contributed by atoms with Gasteiger partial charge in [-0.3, -0.25) is 0 Å². The highest BCUT2D eigenvalue weighted by Gasteiger charge is 2.23. The number of hydrogen-bond donors (Lipinski definition) is 1. The quantitative estimate of drug-likeness (QED) is 0.471. The van der Waals surface area contributed by atoms with E-state index in [0.717, 1.165) is 18.4 Å². The smallest absolute Gasteiger partial charge is 0.00458 e. The lowest BCUT2D eigenvalue weighted by molar-refractivity contribution is 0.561.